The Kier molecular flexibility index (Phi) is 8.29. The molecule has 162 valence electrons. The molecule has 0 radical (unpaired) electrons. The number of nitrogens with one attached hydrogen (secondary N) is 2. The Labute approximate surface area is 201 Å². The number of amides is 2. The Morgan fingerprint density at radius 1 is 0.875 bits per heavy atom. The second-order valence-electron chi connectivity index (χ2n) is 6.42. The topological polar surface area (TPSA) is 96.9 Å². The van der Waals surface area contributed by atoms with Crippen molar-refractivity contribution >= 4 is 55.9 Å². The number of hydrogen-bond donors (Lipinski definition) is 2. The van der Waals surface area contributed by atoms with E-state index in [-0.39, 0.29) is 18.2 Å². The smallest absolute Gasteiger partial charge is 0.343 e. The summed E-state index contributed by atoms with van der Waals surface area (Å²) in [6.45, 7) is -0.253. The predicted molar refractivity (Wildman–Crippen MR) is 128 cm³/mol. The maximum atomic E-state index is 12.3. The number of benzene rings is 3. The van der Waals surface area contributed by atoms with Gasteiger partial charge in [-0.25, -0.2) is 10.2 Å². The molecule has 0 heterocycles. The highest BCUT2D eigenvalue weighted by Crippen LogP contribution is 2.23. The lowest BCUT2D eigenvalue weighted by Gasteiger charge is -2.08. The minimum atomic E-state index is -0.512. The highest BCUT2D eigenvalue weighted by atomic mass is 79.9. The number of hydrazone groups is 1. The van der Waals surface area contributed by atoms with Gasteiger partial charge in [-0.15, -0.1) is 0 Å². The third-order valence-electron chi connectivity index (χ3n) is 4.07. The van der Waals surface area contributed by atoms with Gasteiger partial charge in [0.05, 0.1) is 18.3 Å². The van der Waals surface area contributed by atoms with E-state index in [0.29, 0.717) is 16.7 Å². The van der Waals surface area contributed by atoms with Crippen LogP contribution in [0.1, 0.15) is 26.3 Å². The van der Waals surface area contributed by atoms with Crippen LogP contribution in [0.5, 0.6) is 5.75 Å². The Morgan fingerprint density at radius 3 is 2.34 bits per heavy atom. The van der Waals surface area contributed by atoms with E-state index in [1.165, 1.54) is 6.21 Å². The molecule has 9 heteroatoms. The summed E-state index contributed by atoms with van der Waals surface area (Å²) in [4.78, 5) is 36.4. The minimum absolute atomic E-state index is 0.253. The SMILES string of the molecule is O=C(CNC(=O)c1cccc(Br)c1)N/N=C/c1cc(Br)ccc1OC(=O)c1ccccc1. The fourth-order valence-electron chi connectivity index (χ4n) is 2.55. The fraction of sp³-hybridized carbons (Fsp3) is 0.0435. The summed E-state index contributed by atoms with van der Waals surface area (Å²) in [6, 6.07) is 20.4. The van der Waals surface area contributed by atoms with Gasteiger partial charge < -0.3 is 10.1 Å². The third-order valence-corrected chi connectivity index (χ3v) is 5.06. The number of hydrogen-bond acceptors (Lipinski definition) is 5. The molecule has 2 amide bonds. The van der Waals surface area contributed by atoms with Crippen molar-refractivity contribution in [3.05, 3.63) is 98.4 Å². The second kappa shape index (κ2) is 11.4. The van der Waals surface area contributed by atoms with Crippen LogP contribution in [0, 0.1) is 0 Å². The molecule has 0 saturated heterocycles. The molecule has 3 aromatic carbocycles. The quantitative estimate of drug-likeness (QED) is 0.195. The zero-order valence-electron chi connectivity index (χ0n) is 16.5. The molecule has 0 saturated carbocycles. The van der Waals surface area contributed by atoms with Gasteiger partial charge in [-0.3, -0.25) is 9.59 Å². The van der Waals surface area contributed by atoms with Crippen LogP contribution in [0.15, 0.2) is 86.8 Å². The largest absolute Gasteiger partial charge is 0.422 e. The molecule has 0 bridgehead atoms. The first kappa shape index (κ1) is 23.4. The Bertz CT molecular complexity index is 1170. The summed E-state index contributed by atoms with van der Waals surface area (Å²) in [5.74, 6) is -1.13. The zero-order valence-corrected chi connectivity index (χ0v) is 19.7. The van der Waals surface area contributed by atoms with E-state index >= 15 is 0 Å². The lowest BCUT2D eigenvalue weighted by Crippen LogP contribution is -2.34. The van der Waals surface area contributed by atoms with Crippen molar-refractivity contribution in [3.63, 3.8) is 0 Å². The van der Waals surface area contributed by atoms with E-state index in [0.717, 1.165) is 8.95 Å². The average molecular weight is 559 g/mol. The average Bonchev–Trinajstić information content (AvgIpc) is 2.79. The number of nitrogens with zero attached hydrogens (tertiary/aromatic N) is 1. The van der Waals surface area contributed by atoms with Gasteiger partial charge in [-0.05, 0) is 48.5 Å². The van der Waals surface area contributed by atoms with E-state index in [2.05, 4.69) is 47.7 Å². The Morgan fingerprint density at radius 2 is 1.59 bits per heavy atom. The molecule has 7 nitrogen and oxygen atoms in total. The van der Waals surface area contributed by atoms with E-state index in [1.54, 1.807) is 72.8 Å². The van der Waals surface area contributed by atoms with Gasteiger partial charge in [-0.2, -0.15) is 5.10 Å². The molecule has 0 atom stereocenters. The van der Waals surface area contributed by atoms with Crippen molar-refractivity contribution in [2.75, 3.05) is 6.54 Å². The van der Waals surface area contributed by atoms with Crippen LogP contribution in [-0.4, -0.2) is 30.5 Å². The molecule has 3 rings (SSSR count). The normalized spacial score (nSPS) is 10.6. The monoisotopic (exact) mass is 557 g/mol. The van der Waals surface area contributed by atoms with Crippen LogP contribution in [0.25, 0.3) is 0 Å². The van der Waals surface area contributed by atoms with Crippen LogP contribution >= 0.6 is 31.9 Å². The lowest BCUT2D eigenvalue weighted by atomic mass is 10.2. The van der Waals surface area contributed by atoms with Crippen molar-refractivity contribution in [1.29, 1.82) is 0 Å². The van der Waals surface area contributed by atoms with Crippen molar-refractivity contribution in [3.8, 4) is 5.75 Å². The fourth-order valence-corrected chi connectivity index (χ4v) is 3.33. The first-order valence-corrected chi connectivity index (χ1v) is 10.9. The van der Waals surface area contributed by atoms with Gasteiger partial charge in [0.25, 0.3) is 11.8 Å². The second-order valence-corrected chi connectivity index (χ2v) is 8.26. The molecule has 0 aliphatic rings. The standard InChI is InChI=1S/C23H17Br2N3O4/c24-18-8-4-7-16(11-18)22(30)26-14-21(29)28-27-13-17-12-19(25)9-10-20(17)32-23(31)15-5-2-1-3-6-15/h1-13H,14H2,(H,26,30)(H,28,29)/b27-13+. The molecular formula is C23H17Br2N3O4. The van der Waals surface area contributed by atoms with Gasteiger partial charge in [0.1, 0.15) is 5.75 Å². The molecule has 32 heavy (non-hydrogen) atoms. The van der Waals surface area contributed by atoms with Crippen molar-refractivity contribution < 1.29 is 19.1 Å². The number of halogens is 2. The lowest BCUT2D eigenvalue weighted by molar-refractivity contribution is -0.120. The number of carbonyl (C=O) groups is 3. The zero-order chi connectivity index (χ0) is 22.9. The number of carbonyl (C=O) groups excluding carboxylic acids is 3. The number of rotatable bonds is 7. The third kappa shape index (κ3) is 6.86. The van der Waals surface area contributed by atoms with E-state index < -0.39 is 11.9 Å². The minimum Gasteiger partial charge on any atom is -0.422 e. The summed E-state index contributed by atoms with van der Waals surface area (Å²) in [5.41, 5.74) is 3.64. The van der Waals surface area contributed by atoms with Crippen LogP contribution in [0.3, 0.4) is 0 Å². The summed E-state index contributed by atoms with van der Waals surface area (Å²) in [5, 5.41) is 6.41. The summed E-state index contributed by atoms with van der Waals surface area (Å²) < 4.78 is 6.96. The van der Waals surface area contributed by atoms with Crippen LogP contribution in [0.2, 0.25) is 0 Å². The molecule has 3 aromatic rings. The first-order valence-electron chi connectivity index (χ1n) is 9.35. The van der Waals surface area contributed by atoms with Crippen molar-refractivity contribution in [1.82, 2.24) is 10.7 Å². The maximum Gasteiger partial charge on any atom is 0.343 e. The maximum absolute atomic E-state index is 12.3. The highest BCUT2D eigenvalue weighted by molar-refractivity contribution is 9.10. The van der Waals surface area contributed by atoms with E-state index in [9.17, 15) is 14.4 Å². The van der Waals surface area contributed by atoms with Crippen LogP contribution in [0.4, 0.5) is 0 Å². The number of ether oxygens (including phenoxy) is 1. The molecule has 0 spiro atoms. The molecule has 0 unspecified atom stereocenters. The van der Waals surface area contributed by atoms with Gasteiger partial charge in [0, 0.05) is 20.1 Å². The number of esters is 1. The van der Waals surface area contributed by atoms with Crippen LogP contribution < -0.4 is 15.5 Å². The molecule has 0 aliphatic carbocycles. The van der Waals surface area contributed by atoms with Gasteiger partial charge in [0.15, 0.2) is 0 Å². The van der Waals surface area contributed by atoms with E-state index in [1.807, 2.05) is 0 Å². The predicted octanol–water partition coefficient (Wildman–Crippen LogP) is 4.31. The van der Waals surface area contributed by atoms with Gasteiger partial charge in [-0.1, -0.05) is 56.1 Å². The van der Waals surface area contributed by atoms with Crippen molar-refractivity contribution in [2.24, 2.45) is 5.10 Å². The molecule has 0 aromatic heterocycles. The first-order chi connectivity index (χ1) is 15.4. The van der Waals surface area contributed by atoms with Crippen molar-refractivity contribution in [2.45, 2.75) is 0 Å². The molecule has 0 fully saturated rings. The highest BCUT2D eigenvalue weighted by Gasteiger charge is 2.12. The summed E-state index contributed by atoms with van der Waals surface area (Å²) in [7, 11) is 0. The summed E-state index contributed by atoms with van der Waals surface area (Å²) in [6.07, 6.45) is 1.35. The summed E-state index contributed by atoms with van der Waals surface area (Å²) >= 11 is 6.65. The molecule has 2 N–H and O–H groups in total. The van der Waals surface area contributed by atoms with E-state index in [4.69, 9.17) is 4.74 Å². The Balaban J connectivity index is 1.58. The Hall–Kier alpha value is -3.30. The van der Waals surface area contributed by atoms with Gasteiger partial charge >= 0.3 is 5.97 Å². The van der Waals surface area contributed by atoms with Crippen LogP contribution in [-0.2, 0) is 4.79 Å². The molecular weight excluding hydrogens is 542 g/mol. The molecule has 0 aliphatic heterocycles. The van der Waals surface area contributed by atoms with Gasteiger partial charge in [0.2, 0.25) is 0 Å².